The van der Waals surface area contributed by atoms with Crippen LogP contribution in [0, 0.1) is 5.41 Å². The Kier molecular flexibility index (Phi) is 3.84. The van der Waals surface area contributed by atoms with E-state index in [0.717, 1.165) is 12.6 Å². The van der Waals surface area contributed by atoms with Crippen LogP contribution in [-0.4, -0.2) is 30.1 Å². The van der Waals surface area contributed by atoms with Crippen LogP contribution in [0.25, 0.3) is 0 Å². The van der Waals surface area contributed by atoms with E-state index in [-0.39, 0.29) is 5.54 Å². The molecule has 1 unspecified atom stereocenters. The fourth-order valence-corrected chi connectivity index (χ4v) is 4.39. The molecule has 0 heterocycles. The summed E-state index contributed by atoms with van der Waals surface area (Å²) in [4.78, 5) is 2.68. The van der Waals surface area contributed by atoms with Crippen LogP contribution in [0.4, 0.5) is 0 Å². The van der Waals surface area contributed by atoms with Gasteiger partial charge in [-0.1, -0.05) is 39.5 Å². The largest absolute Gasteiger partial charge is 0.329 e. The Hall–Kier alpha value is -0.0800. The summed E-state index contributed by atoms with van der Waals surface area (Å²) in [5, 5.41) is 0. The standard InChI is InChI=1S/C15H30N2/c1-14(2)10-7-11-15(14,12-16)17(3)13-8-5-4-6-9-13/h13H,4-12,16H2,1-3H3. The van der Waals surface area contributed by atoms with Gasteiger partial charge < -0.3 is 5.73 Å². The van der Waals surface area contributed by atoms with Gasteiger partial charge in [-0.05, 0) is 38.1 Å². The molecular weight excluding hydrogens is 208 g/mol. The van der Waals surface area contributed by atoms with Crippen LogP contribution in [-0.2, 0) is 0 Å². The lowest BCUT2D eigenvalue weighted by Gasteiger charge is -2.51. The lowest BCUT2D eigenvalue weighted by Crippen LogP contribution is -2.61. The van der Waals surface area contributed by atoms with Crippen molar-refractivity contribution in [2.45, 2.75) is 76.8 Å². The lowest BCUT2D eigenvalue weighted by molar-refractivity contribution is -0.00911. The average molecular weight is 238 g/mol. The van der Waals surface area contributed by atoms with Crippen molar-refractivity contribution in [3.05, 3.63) is 0 Å². The molecule has 2 saturated carbocycles. The second kappa shape index (κ2) is 4.89. The number of hydrogen-bond acceptors (Lipinski definition) is 2. The van der Waals surface area contributed by atoms with Gasteiger partial charge in [0.25, 0.3) is 0 Å². The zero-order valence-electron chi connectivity index (χ0n) is 12.0. The van der Waals surface area contributed by atoms with Crippen LogP contribution in [0.2, 0.25) is 0 Å². The van der Waals surface area contributed by atoms with Crippen molar-refractivity contribution in [1.29, 1.82) is 0 Å². The molecule has 0 saturated heterocycles. The van der Waals surface area contributed by atoms with E-state index in [0.29, 0.717) is 5.41 Å². The summed E-state index contributed by atoms with van der Waals surface area (Å²) in [5.74, 6) is 0. The normalized spacial score (nSPS) is 34.4. The van der Waals surface area contributed by atoms with Gasteiger partial charge in [0.05, 0.1) is 0 Å². The molecule has 2 aliphatic carbocycles. The highest BCUT2D eigenvalue weighted by molar-refractivity contribution is 5.07. The van der Waals surface area contributed by atoms with E-state index < -0.39 is 0 Å². The van der Waals surface area contributed by atoms with Gasteiger partial charge in [-0.2, -0.15) is 0 Å². The molecular formula is C15H30N2. The first-order valence-electron chi connectivity index (χ1n) is 7.46. The van der Waals surface area contributed by atoms with E-state index >= 15 is 0 Å². The number of nitrogens with zero attached hydrogens (tertiary/aromatic N) is 1. The predicted molar refractivity (Wildman–Crippen MR) is 74.1 cm³/mol. The van der Waals surface area contributed by atoms with Gasteiger partial charge in [-0.3, -0.25) is 4.90 Å². The molecule has 17 heavy (non-hydrogen) atoms. The first-order valence-corrected chi connectivity index (χ1v) is 7.46. The molecule has 0 spiro atoms. The molecule has 2 heteroatoms. The smallest absolute Gasteiger partial charge is 0.0382 e. The minimum absolute atomic E-state index is 0.259. The number of hydrogen-bond donors (Lipinski definition) is 1. The Labute approximate surface area is 107 Å². The molecule has 0 radical (unpaired) electrons. The van der Waals surface area contributed by atoms with Crippen molar-refractivity contribution in [3.8, 4) is 0 Å². The lowest BCUT2D eigenvalue weighted by atomic mass is 9.72. The van der Waals surface area contributed by atoms with E-state index in [1.807, 2.05) is 0 Å². The van der Waals surface area contributed by atoms with Crippen molar-refractivity contribution in [2.75, 3.05) is 13.6 Å². The molecule has 0 bridgehead atoms. The van der Waals surface area contributed by atoms with Crippen LogP contribution < -0.4 is 5.73 Å². The molecule has 2 aliphatic rings. The van der Waals surface area contributed by atoms with Crippen LogP contribution in [0.5, 0.6) is 0 Å². The summed E-state index contributed by atoms with van der Waals surface area (Å²) >= 11 is 0. The summed E-state index contributed by atoms with van der Waals surface area (Å²) in [6, 6.07) is 0.782. The Morgan fingerprint density at radius 1 is 1.06 bits per heavy atom. The zero-order valence-corrected chi connectivity index (χ0v) is 12.0. The summed E-state index contributed by atoms with van der Waals surface area (Å²) in [6.45, 7) is 5.67. The third kappa shape index (κ3) is 2.15. The van der Waals surface area contributed by atoms with Crippen LogP contribution in [0.15, 0.2) is 0 Å². The van der Waals surface area contributed by atoms with Crippen molar-refractivity contribution in [2.24, 2.45) is 11.1 Å². The highest BCUT2D eigenvalue weighted by Crippen LogP contribution is 2.50. The minimum atomic E-state index is 0.259. The third-order valence-corrected chi connectivity index (χ3v) is 5.79. The minimum Gasteiger partial charge on any atom is -0.329 e. The van der Waals surface area contributed by atoms with Crippen molar-refractivity contribution < 1.29 is 0 Å². The first-order chi connectivity index (χ1) is 8.03. The zero-order chi connectivity index (χ0) is 12.5. The fraction of sp³-hybridized carbons (Fsp3) is 1.00. The van der Waals surface area contributed by atoms with Crippen LogP contribution in [0.3, 0.4) is 0 Å². The Bertz CT molecular complexity index is 256. The summed E-state index contributed by atoms with van der Waals surface area (Å²) in [6.07, 6.45) is 11.0. The molecule has 2 nitrogen and oxygen atoms in total. The van der Waals surface area contributed by atoms with Crippen LogP contribution in [0.1, 0.15) is 65.2 Å². The van der Waals surface area contributed by atoms with E-state index in [4.69, 9.17) is 5.73 Å². The van der Waals surface area contributed by atoms with Gasteiger partial charge in [0.2, 0.25) is 0 Å². The third-order valence-electron chi connectivity index (χ3n) is 5.79. The molecule has 100 valence electrons. The van der Waals surface area contributed by atoms with Gasteiger partial charge in [-0.15, -0.1) is 0 Å². The predicted octanol–water partition coefficient (Wildman–Crippen LogP) is 3.16. The highest BCUT2D eigenvalue weighted by Gasteiger charge is 2.51. The maximum Gasteiger partial charge on any atom is 0.0382 e. The molecule has 0 aromatic carbocycles. The Morgan fingerprint density at radius 3 is 2.18 bits per heavy atom. The summed E-state index contributed by atoms with van der Waals surface area (Å²) < 4.78 is 0. The first kappa shape index (κ1) is 13.4. The number of likely N-dealkylation sites (N-methyl/N-ethyl adjacent to an activating group) is 1. The van der Waals surface area contributed by atoms with Gasteiger partial charge in [0, 0.05) is 18.1 Å². The Morgan fingerprint density at radius 2 is 1.71 bits per heavy atom. The monoisotopic (exact) mass is 238 g/mol. The molecule has 2 rings (SSSR count). The second-order valence-corrected chi connectivity index (χ2v) is 6.88. The molecule has 0 aromatic rings. The Balaban J connectivity index is 2.16. The second-order valence-electron chi connectivity index (χ2n) is 6.88. The quantitative estimate of drug-likeness (QED) is 0.818. The summed E-state index contributed by atoms with van der Waals surface area (Å²) in [7, 11) is 2.34. The van der Waals surface area contributed by atoms with Crippen molar-refractivity contribution in [3.63, 3.8) is 0 Å². The fourth-order valence-electron chi connectivity index (χ4n) is 4.39. The van der Waals surface area contributed by atoms with Gasteiger partial charge in [-0.25, -0.2) is 0 Å². The molecule has 0 amide bonds. The van der Waals surface area contributed by atoms with Gasteiger partial charge >= 0.3 is 0 Å². The van der Waals surface area contributed by atoms with Crippen LogP contribution >= 0.6 is 0 Å². The highest BCUT2D eigenvalue weighted by atomic mass is 15.2. The van der Waals surface area contributed by atoms with Crippen molar-refractivity contribution >= 4 is 0 Å². The SMILES string of the molecule is CN(C1CCCCC1)C1(CN)CCCC1(C)C. The maximum absolute atomic E-state index is 6.21. The summed E-state index contributed by atoms with van der Waals surface area (Å²) in [5.41, 5.74) is 6.85. The van der Waals surface area contributed by atoms with E-state index in [9.17, 15) is 0 Å². The molecule has 0 aromatic heterocycles. The van der Waals surface area contributed by atoms with E-state index in [1.165, 1.54) is 51.4 Å². The molecule has 2 fully saturated rings. The van der Waals surface area contributed by atoms with Gasteiger partial charge in [0.15, 0.2) is 0 Å². The number of rotatable bonds is 3. The maximum atomic E-state index is 6.21. The molecule has 0 aliphatic heterocycles. The average Bonchev–Trinajstić information content (AvgIpc) is 2.65. The van der Waals surface area contributed by atoms with E-state index in [2.05, 4.69) is 25.8 Å². The molecule has 1 atom stereocenters. The topological polar surface area (TPSA) is 29.3 Å². The van der Waals surface area contributed by atoms with Crippen molar-refractivity contribution in [1.82, 2.24) is 4.90 Å². The van der Waals surface area contributed by atoms with E-state index in [1.54, 1.807) is 0 Å². The molecule has 2 N–H and O–H groups in total. The number of nitrogens with two attached hydrogens (primary N) is 1. The van der Waals surface area contributed by atoms with Gasteiger partial charge in [0.1, 0.15) is 0 Å².